The molecule has 5 heteroatoms. The van der Waals surface area contributed by atoms with Crippen LogP contribution in [-0.2, 0) is 4.79 Å². The van der Waals surface area contributed by atoms with Gasteiger partial charge in [-0.15, -0.1) is 16.3 Å². The van der Waals surface area contributed by atoms with Gasteiger partial charge in [0.2, 0.25) is 6.08 Å². The molecule has 2 aromatic rings. The molecule has 0 N–H and O–H groups in total. The topological polar surface area (TPSA) is 42.3 Å². The highest BCUT2D eigenvalue weighted by Crippen LogP contribution is 2.37. The van der Waals surface area contributed by atoms with E-state index in [-0.39, 0.29) is 0 Å². The molecule has 0 aromatic carbocycles. The van der Waals surface area contributed by atoms with Crippen LogP contribution in [0.25, 0.3) is 10.1 Å². The van der Waals surface area contributed by atoms with E-state index in [0.29, 0.717) is 5.82 Å². The average molecular weight is 269 g/mol. The number of thiophene rings is 1. The molecule has 0 saturated heterocycles. The Labute approximate surface area is 92.6 Å². The molecule has 0 saturated carbocycles. The van der Waals surface area contributed by atoms with Crippen molar-refractivity contribution in [2.75, 3.05) is 0 Å². The summed E-state index contributed by atoms with van der Waals surface area (Å²) < 4.78 is 1.93. The maximum absolute atomic E-state index is 10.2. The van der Waals surface area contributed by atoms with Crippen LogP contribution >= 0.6 is 27.3 Å². The van der Waals surface area contributed by atoms with Gasteiger partial charge < -0.3 is 0 Å². The largest absolute Gasteiger partial charge is 0.242 e. The smallest absolute Gasteiger partial charge is 0.235 e. The summed E-state index contributed by atoms with van der Waals surface area (Å²) in [6.07, 6.45) is 3.21. The Morgan fingerprint density at radius 1 is 1.64 bits per heavy atom. The van der Waals surface area contributed by atoms with E-state index in [1.807, 2.05) is 12.3 Å². The van der Waals surface area contributed by atoms with Gasteiger partial charge in [0.25, 0.3) is 0 Å². The lowest BCUT2D eigenvalue weighted by Crippen LogP contribution is -1.79. The lowest BCUT2D eigenvalue weighted by molar-refractivity contribution is 0.565. The Hall–Kier alpha value is -1.03. The molecular formula is C9H5BrN2OS. The van der Waals surface area contributed by atoms with Crippen molar-refractivity contribution in [1.29, 1.82) is 0 Å². The zero-order valence-corrected chi connectivity index (χ0v) is 9.65. The Kier molecular flexibility index (Phi) is 2.46. The molecular weight excluding hydrogens is 264 g/mol. The monoisotopic (exact) mass is 268 g/mol. The first-order valence-electron chi connectivity index (χ1n) is 3.84. The molecule has 14 heavy (non-hydrogen) atoms. The maximum Gasteiger partial charge on any atom is 0.242 e. The SMILES string of the molecule is Cc1cnc(N=C=O)c2scc(Br)c12. The molecule has 0 aliphatic heterocycles. The van der Waals surface area contributed by atoms with Crippen molar-refractivity contribution in [2.45, 2.75) is 6.92 Å². The third-order valence-corrected chi connectivity index (χ3v) is 3.78. The van der Waals surface area contributed by atoms with Gasteiger partial charge in [-0.05, 0) is 28.4 Å². The fourth-order valence-corrected chi connectivity index (χ4v) is 3.13. The van der Waals surface area contributed by atoms with Gasteiger partial charge in [0, 0.05) is 21.4 Å². The first-order chi connectivity index (χ1) is 6.74. The summed E-state index contributed by atoms with van der Waals surface area (Å²) in [4.78, 5) is 17.8. The first-order valence-corrected chi connectivity index (χ1v) is 5.51. The number of nitrogens with zero attached hydrogens (tertiary/aromatic N) is 2. The van der Waals surface area contributed by atoms with E-state index in [9.17, 15) is 4.79 Å². The zero-order valence-electron chi connectivity index (χ0n) is 7.24. The number of halogens is 1. The van der Waals surface area contributed by atoms with Crippen LogP contribution < -0.4 is 0 Å². The van der Waals surface area contributed by atoms with Crippen LogP contribution in [0.1, 0.15) is 5.56 Å². The van der Waals surface area contributed by atoms with Gasteiger partial charge >= 0.3 is 0 Å². The number of rotatable bonds is 1. The fraction of sp³-hybridized carbons (Fsp3) is 0.111. The molecule has 0 unspecified atom stereocenters. The molecule has 0 atom stereocenters. The number of pyridine rings is 1. The van der Waals surface area contributed by atoms with E-state index in [1.54, 1.807) is 6.20 Å². The van der Waals surface area contributed by atoms with Gasteiger partial charge in [-0.1, -0.05) is 0 Å². The zero-order chi connectivity index (χ0) is 10.1. The number of hydrogen-bond donors (Lipinski definition) is 0. The van der Waals surface area contributed by atoms with E-state index in [4.69, 9.17) is 0 Å². The van der Waals surface area contributed by atoms with E-state index < -0.39 is 0 Å². The third-order valence-electron chi connectivity index (χ3n) is 1.88. The normalized spacial score (nSPS) is 10.1. The van der Waals surface area contributed by atoms with Crippen LogP contribution in [-0.4, -0.2) is 11.1 Å². The Bertz CT molecular complexity index is 543. The first kappa shape index (κ1) is 9.52. The average Bonchev–Trinajstić information content (AvgIpc) is 2.54. The van der Waals surface area contributed by atoms with Crippen molar-refractivity contribution in [1.82, 2.24) is 4.98 Å². The quantitative estimate of drug-likeness (QED) is 0.588. The molecule has 0 amide bonds. The number of fused-ring (bicyclic) bond motifs is 1. The lowest BCUT2D eigenvalue weighted by atomic mass is 10.2. The van der Waals surface area contributed by atoms with Gasteiger partial charge in [-0.3, -0.25) is 0 Å². The molecule has 2 heterocycles. The van der Waals surface area contributed by atoms with E-state index in [2.05, 4.69) is 25.9 Å². The molecule has 3 nitrogen and oxygen atoms in total. The minimum absolute atomic E-state index is 0.441. The number of hydrogen-bond acceptors (Lipinski definition) is 4. The van der Waals surface area contributed by atoms with Crippen LogP contribution in [0.3, 0.4) is 0 Å². The Morgan fingerprint density at radius 2 is 2.43 bits per heavy atom. The van der Waals surface area contributed by atoms with Gasteiger partial charge in [0.1, 0.15) is 0 Å². The molecule has 2 rings (SSSR count). The van der Waals surface area contributed by atoms with Gasteiger partial charge in [0.05, 0.1) is 4.70 Å². The summed E-state index contributed by atoms with van der Waals surface area (Å²) in [7, 11) is 0. The van der Waals surface area contributed by atoms with Crippen LogP contribution in [0.2, 0.25) is 0 Å². The van der Waals surface area contributed by atoms with Gasteiger partial charge in [-0.25, -0.2) is 9.78 Å². The summed E-state index contributed by atoms with van der Waals surface area (Å²) in [6, 6.07) is 0. The molecule has 0 aliphatic rings. The van der Waals surface area contributed by atoms with Crippen molar-refractivity contribution in [3.05, 3.63) is 21.6 Å². The summed E-state index contributed by atoms with van der Waals surface area (Å²) in [5.41, 5.74) is 1.07. The number of isocyanates is 1. The predicted octanol–water partition coefficient (Wildman–Crippen LogP) is 3.33. The van der Waals surface area contributed by atoms with E-state index in [1.165, 1.54) is 17.4 Å². The van der Waals surface area contributed by atoms with Crippen LogP contribution in [0.4, 0.5) is 5.82 Å². The highest BCUT2D eigenvalue weighted by Gasteiger charge is 2.09. The number of aromatic nitrogens is 1. The number of carbonyl (C=O) groups excluding carboxylic acids is 1. The van der Waals surface area contributed by atoms with Crippen molar-refractivity contribution in [2.24, 2.45) is 4.99 Å². The number of aliphatic imine (C=N–C) groups is 1. The van der Waals surface area contributed by atoms with Crippen molar-refractivity contribution in [3.8, 4) is 0 Å². The molecule has 0 aliphatic carbocycles. The molecule has 0 radical (unpaired) electrons. The second-order valence-corrected chi connectivity index (χ2v) is 4.49. The molecule has 0 spiro atoms. The maximum atomic E-state index is 10.2. The van der Waals surface area contributed by atoms with Crippen LogP contribution in [0, 0.1) is 6.92 Å². The predicted molar refractivity (Wildman–Crippen MR) is 59.8 cm³/mol. The molecule has 0 bridgehead atoms. The molecule has 2 aromatic heterocycles. The van der Waals surface area contributed by atoms with Gasteiger partial charge in [0.15, 0.2) is 5.82 Å². The molecule has 0 fully saturated rings. The summed E-state index contributed by atoms with van der Waals surface area (Å²) in [5.74, 6) is 0.441. The summed E-state index contributed by atoms with van der Waals surface area (Å²) >= 11 is 4.96. The van der Waals surface area contributed by atoms with Gasteiger partial charge in [-0.2, -0.15) is 0 Å². The van der Waals surface area contributed by atoms with Crippen molar-refractivity contribution < 1.29 is 4.79 Å². The third kappa shape index (κ3) is 1.39. The highest BCUT2D eigenvalue weighted by atomic mass is 79.9. The number of aryl methyl sites for hydroxylation is 1. The minimum Gasteiger partial charge on any atom is -0.235 e. The van der Waals surface area contributed by atoms with Crippen molar-refractivity contribution >= 4 is 49.3 Å². The summed E-state index contributed by atoms with van der Waals surface area (Å²) in [5, 5.41) is 3.03. The standard InChI is InChI=1S/C9H5BrN2OS/c1-5-2-11-9(12-4-13)8-7(5)6(10)3-14-8/h2-3H,1H3. The second-order valence-electron chi connectivity index (χ2n) is 2.76. The second kappa shape index (κ2) is 3.61. The van der Waals surface area contributed by atoms with E-state index >= 15 is 0 Å². The Balaban J connectivity index is 2.89. The fourth-order valence-electron chi connectivity index (χ4n) is 1.27. The highest BCUT2D eigenvalue weighted by molar-refractivity contribution is 9.10. The minimum atomic E-state index is 0.441. The van der Waals surface area contributed by atoms with Crippen LogP contribution in [0.15, 0.2) is 21.0 Å². The summed E-state index contributed by atoms with van der Waals surface area (Å²) in [6.45, 7) is 1.97. The van der Waals surface area contributed by atoms with Crippen molar-refractivity contribution in [3.63, 3.8) is 0 Å². The lowest BCUT2D eigenvalue weighted by Gasteiger charge is -1.97. The molecule has 70 valence electrons. The van der Waals surface area contributed by atoms with E-state index in [0.717, 1.165) is 20.1 Å². The van der Waals surface area contributed by atoms with Crippen LogP contribution in [0.5, 0.6) is 0 Å². The Morgan fingerprint density at radius 3 is 3.14 bits per heavy atom.